The molecule has 0 spiro atoms. The van der Waals surface area contributed by atoms with Crippen LogP contribution in [0.25, 0.3) is 0 Å². The monoisotopic (exact) mass is 354 g/mol. The minimum absolute atomic E-state index is 0.0229. The zero-order valence-electron chi connectivity index (χ0n) is 15.5. The largest absolute Gasteiger partial charge is 0.481 e. The zero-order chi connectivity index (χ0) is 18.7. The molecule has 144 valence electrons. The number of Topliss-reactive ketones (excluding diaryl/α,β-unsaturated/α-hetero) is 1. The summed E-state index contributed by atoms with van der Waals surface area (Å²) in [7, 11) is 0. The molecule has 1 fully saturated rings. The number of carbonyl (C=O) groups is 2. The molecule has 0 aromatic carbocycles. The molecule has 0 unspecified atom stereocenters. The normalized spacial score (nSPS) is 21.6. The number of carbonyl (C=O) groups excluding carboxylic acids is 1. The van der Waals surface area contributed by atoms with Crippen LogP contribution in [0.4, 0.5) is 0 Å². The lowest BCUT2D eigenvalue weighted by Crippen LogP contribution is -2.39. The van der Waals surface area contributed by atoms with E-state index >= 15 is 0 Å². The van der Waals surface area contributed by atoms with Gasteiger partial charge in [0.25, 0.3) is 0 Å². The minimum atomic E-state index is -1.23. The third-order valence-corrected chi connectivity index (χ3v) is 5.29. The van der Waals surface area contributed by atoms with E-state index < -0.39 is 23.4 Å². The number of hydrogen-bond acceptors (Lipinski definition) is 4. The Morgan fingerprint density at radius 1 is 1.28 bits per heavy atom. The highest BCUT2D eigenvalue weighted by atomic mass is 16.4. The van der Waals surface area contributed by atoms with Crippen molar-refractivity contribution in [2.45, 2.75) is 83.7 Å². The molecule has 0 heterocycles. The summed E-state index contributed by atoms with van der Waals surface area (Å²) in [5.41, 5.74) is -1.23. The first kappa shape index (κ1) is 21.8. The van der Waals surface area contributed by atoms with Crippen LogP contribution in [0, 0.1) is 11.3 Å². The van der Waals surface area contributed by atoms with Gasteiger partial charge in [0.2, 0.25) is 0 Å². The number of carboxylic acid groups (broad SMARTS) is 1. The van der Waals surface area contributed by atoms with Gasteiger partial charge in [-0.2, -0.15) is 0 Å². The number of hydrogen-bond donors (Lipinski definition) is 3. The second-order valence-electron chi connectivity index (χ2n) is 7.21. The molecule has 1 aliphatic rings. The van der Waals surface area contributed by atoms with Crippen LogP contribution in [0.1, 0.15) is 77.6 Å². The van der Waals surface area contributed by atoms with E-state index in [9.17, 15) is 19.8 Å². The molecule has 1 saturated carbocycles. The molecular formula is C20H34O5. The Balaban J connectivity index is 2.90. The lowest BCUT2D eigenvalue weighted by atomic mass is 9.70. The molecule has 3 N–H and O–H groups in total. The van der Waals surface area contributed by atoms with Crippen LogP contribution in [-0.4, -0.2) is 39.8 Å². The van der Waals surface area contributed by atoms with Gasteiger partial charge in [-0.1, -0.05) is 51.2 Å². The average molecular weight is 354 g/mol. The number of rotatable bonds is 13. The van der Waals surface area contributed by atoms with Crippen LogP contribution in [-0.2, 0) is 9.59 Å². The summed E-state index contributed by atoms with van der Waals surface area (Å²) >= 11 is 0. The Morgan fingerprint density at radius 2 is 2.04 bits per heavy atom. The van der Waals surface area contributed by atoms with Crippen LogP contribution >= 0.6 is 0 Å². The highest BCUT2D eigenvalue weighted by molar-refractivity contribution is 5.91. The second-order valence-corrected chi connectivity index (χ2v) is 7.21. The van der Waals surface area contributed by atoms with Gasteiger partial charge in [-0.05, 0) is 32.1 Å². The lowest BCUT2D eigenvalue weighted by Gasteiger charge is -2.32. The van der Waals surface area contributed by atoms with Gasteiger partial charge < -0.3 is 15.3 Å². The summed E-state index contributed by atoms with van der Waals surface area (Å²) < 4.78 is 0. The Labute approximate surface area is 151 Å². The Hall–Kier alpha value is -1.20. The predicted octanol–water partition coefficient (Wildman–Crippen LogP) is 3.48. The van der Waals surface area contributed by atoms with Gasteiger partial charge in [0.1, 0.15) is 5.78 Å². The van der Waals surface area contributed by atoms with E-state index in [1.165, 1.54) is 0 Å². The fraction of sp³-hybridized carbons (Fsp3) is 0.800. The Kier molecular flexibility index (Phi) is 9.98. The minimum Gasteiger partial charge on any atom is -0.481 e. The van der Waals surface area contributed by atoms with Crippen molar-refractivity contribution in [1.29, 1.82) is 0 Å². The van der Waals surface area contributed by atoms with Gasteiger partial charge in [-0.15, -0.1) is 0 Å². The topological polar surface area (TPSA) is 94.8 Å². The second kappa shape index (κ2) is 11.4. The predicted molar refractivity (Wildman–Crippen MR) is 97.3 cm³/mol. The molecule has 3 atom stereocenters. The quantitative estimate of drug-likeness (QED) is 0.348. The molecule has 5 nitrogen and oxygen atoms in total. The summed E-state index contributed by atoms with van der Waals surface area (Å²) in [5, 5.41) is 29.0. The standard InChI is InChI=1S/C20H34O5/c1-2-3-5-9-16(22)12-14-20(19(24)25,13-6-4-7-15-21)17-10-8-11-18(17)23/h12,14,16-17,21-22H,2-11,13,15H2,1H3,(H,24,25)/b14-12+/t16-,17-,20-/m0/s1. The average Bonchev–Trinajstić information content (AvgIpc) is 3.01. The summed E-state index contributed by atoms with van der Waals surface area (Å²) in [6.07, 6.45) is 10.3. The molecule has 1 rings (SSSR count). The van der Waals surface area contributed by atoms with Gasteiger partial charge in [0.05, 0.1) is 11.5 Å². The van der Waals surface area contributed by atoms with E-state index in [0.29, 0.717) is 38.5 Å². The highest BCUT2D eigenvalue weighted by Crippen LogP contribution is 2.43. The molecule has 0 bridgehead atoms. The molecular weight excluding hydrogens is 320 g/mol. The van der Waals surface area contributed by atoms with Crippen molar-refractivity contribution in [3.63, 3.8) is 0 Å². The molecule has 5 heteroatoms. The van der Waals surface area contributed by atoms with Crippen LogP contribution in [0.2, 0.25) is 0 Å². The summed E-state index contributed by atoms with van der Waals surface area (Å²) in [5.74, 6) is -1.46. The third kappa shape index (κ3) is 6.55. The molecule has 0 aliphatic heterocycles. The SMILES string of the molecule is CCCCC[C@H](O)/C=C/[C@](CCCCCO)(C(=O)O)[C@H]1CCCC1=O. The van der Waals surface area contributed by atoms with Crippen LogP contribution in [0.5, 0.6) is 0 Å². The fourth-order valence-electron chi connectivity index (χ4n) is 3.75. The Bertz CT molecular complexity index is 445. The van der Waals surface area contributed by atoms with Gasteiger partial charge in [0.15, 0.2) is 0 Å². The fourth-order valence-corrected chi connectivity index (χ4v) is 3.75. The van der Waals surface area contributed by atoms with E-state index in [1.807, 2.05) is 0 Å². The van der Waals surface area contributed by atoms with Crippen LogP contribution < -0.4 is 0 Å². The first-order chi connectivity index (χ1) is 12.0. The number of aliphatic hydroxyl groups is 2. The maximum Gasteiger partial charge on any atom is 0.314 e. The molecule has 0 aromatic rings. The van der Waals surface area contributed by atoms with E-state index in [-0.39, 0.29) is 12.4 Å². The number of ketones is 1. The first-order valence-electron chi connectivity index (χ1n) is 9.72. The summed E-state index contributed by atoms with van der Waals surface area (Å²) in [4.78, 5) is 24.4. The van der Waals surface area contributed by atoms with Crippen molar-refractivity contribution in [1.82, 2.24) is 0 Å². The molecule has 0 saturated heterocycles. The van der Waals surface area contributed by atoms with E-state index in [0.717, 1.165) is 32.1 Å². The summed E-state index contributed by atoms with van der Waals surface area (Å²) in [6.45, 7) is 2.18. The van der Waals surface area contributed by atoms with Crippen molar-refractivity contribution in [3.8, 4) is 0 Å². The van der Waals surface area contributed by atoms with Crippen molar-refractivity contribution >= 4 is 11.8 Å². The number of aliphatic hydroxyl groups excluding tert-OH is 2. The van der Waals surface area contributed by atoms with Crippen LogP contribution in [0.15, 0.2) is 12.2 Å². The van der Waals surface area contributed by atoms with E-state index in [4.69, 9.17) is 5.11 Å². The molecule has 25 heavy (non-hydrogen) atoms. The molecule has 0 aromatic heterocycles. The molecule has 1 aliphatic carbocycles. The number of carboxylic acids is 1. The Morgan fingerprint density at radius 3 is 2.60 bits per heavy atom. The smallest absolute Gasteiger partial charge is 0.314 e. The van der Waals surface area contributed by atoms with Gasteiger partial charge in [-0.3, -0.25) is 9.59 Å². The maximum absolute atomic E-state index is 12.3. The molecule has 0 radical (unpaired) electrons. The van der Waals surface area contributed by atoms with Crippen molar-refractivity contribution in [3.05, 3.63) is 12.2 Å². The number of aliphatic carboxylic acids is 1. The van der Waals surface area contributed by atoms with Crippen LogP contribution in [0.3, 0.4) is 0 Å². The van der Waals surface area contributed by atoms with E-state index in [2.05, 4.69) is 6.92 Å². The van der Waals surface area contributed by atoms with Gasteiger partial charge in [-0.25, -0.2) is 0 Å². The van der Waals surface area contributed by atoms with Crippen molar-refractivity contribution < 1.29 is 24.9 Å². The summed E-state index contributed by atoms with van der Waals surface area (Å²) in [6, 6.07) is 0. The molecule has 0 amide bonds. The zero-order valence-corrected chi connectivity index (χ0v) is 15.5. The highest BCUT2D eigenvalue weighted by Gasteiger charge is 2.48. The van der Waals surface area contributed by atoms with Gasteiger partial charge in [0, 0.05) is 18.9 Å². The van der Waals surface area contributed by atoms with Gasteiger partial charge >= 0.3 is 5.97 Å². The maximum atomic E-state index is 12.3. The first-order valence-corrected chi connectivity index (χ1v) is 9.72. The third-order valence-electron chi connectivity index (χ3n) is 5.29. The van der Waals surface area contributed by atoms with Crippen molar-refractivity contribution in [2.75, 3.05) is 6.61 Å². The lowest BCUT2D eigenvalue weighted by molar-refractivity contribution is -0.152. The number of unbranched alkanes of at least 4 members (excludes halogenated alkanes) is 4. The van der Waals surface area contributed by atoms with E-state index in [1.54, 1.807) is 12.2 Å². The van der Waals surface area contributed by atoms with Crippen molar-refractivity contribution in [2.24, 2.45) is 11.3 Å².